The fourth-order valence-corrected chi connectivity index (χ4v) is 2.65. The van der Waals surface area contributed by atoms with E-state index in [2.05, 4.69) is 10.5 Å². The highest BCUT2D eigenvalue weighted by Crippen LogP contribution is 2.24. The van der Waals surface area contributed by atoms with Gasteiger partial charge in [0, 0.05) is 12.6 Å². The summed E-state index contributed by atoms with van der Waals surface area (Å²) in [5.41, 5.74) is 1.21. The Kier molecular flexibility index (Phi) is 4.29. The SMILES string of the molecule is O=C(NCCc1ccc(F)cc1)c1cc(-c2cccs2)on1. The van der Waals surface area contributed by atoms with E-state index >= 15 is 0 Å². The van der Waals surface area contributed by atoms with Crippen LogP contribution in [0.5, 0.6) is 0 Å². The molecule has 1 N–H and O–H groups in total. The van der Waals surface area contributed by atoms with Crippen molar-refractivity contribution in [1.82, 2.24) is 10.5 Å². The van der Waals surface area contributed by atoms with E-state index in [1.165, 1.54) is 23.5 Å². The first-order valence-corrected chi connectivity index (χ1v) is 7.63. The Morgan fingerprint density at radius 1 is 1.27 bits per heavy atom. The third-order valence-corrected chi connectivity index (χ3v) is 4.00. The molecule has 22 heavy (non-hydrogen) atoms. The Labute approximate surface area is 130 Å². The summed E-state index contributed by atoms with van der Waals surface area (Å²) in [5.74, 6) is 0.0313. The second-order valence-corrected chi connectivity index (χ2v) is 5.63. The van der Waals surface area contributed by atoms with Gasteiger partial charge in [-0.15, -0.1) is 11.3 Å². The lowest BCUT2D eigenvalue weighted by atomic mass is 10.1. The van der Waals surface area contributed by atoms with Gasteiger partial charge in [-0.25, -0.2) is 4.39 Å². The molecule has 3 rings (SSSR count). The average molecular weight is 316 g/mol. The summed E-state index contributed by atoms with van der Waals surface area (Å²) in [4.78, 5) is 12.9. The number of nitrogens with one attached hydrogen (secondary N) is 1. The van der Waals surface area contributed by atoms with Gasteiger partial charge in [-0.1, -0.05) is 23.4 Å². The number of benzene rings is 1. The Hall–Kier alpha value is -2.47. The van der Waals surface area contributed by atoms with Crippen molar-refractivity contribution >= 4 is 17.2 Å². The van der Waals surface area contributed by atoms with Gasteiger partial charge in [-0.2, -0.15) is 0 Å². The van der Waals surface area contributed by atoms with Crippen LogP contribution in [-0.2, 0) is 6.42 Å². The molecule has 0 saturated heterocycles. The highest BCUT2D eigenvalue weighted by atomic mass is 32.1. The molecule has 0 saturated carbocycles. The summed E-state index contributed by atoms with van der Waals surface area (Å²) < 4.78 is 18.0. The molecule has 4 nitrogen and oxygen atoms in total. The number of hydrogen-bond donors (Lipinski definition) is 1. The van der Waals surface area contributed by atoms with Crippen LogP contribution >= 0.6 is 11.3 Å². The van der Waals surface area contributed by atoms with E-state index in [-0.39, 0.29) is 17.4 Å². The Morgan fingerprint density at radius 3 is 2.82 bits per heavy atom. The first kappa shape index (κ1) is 14.5. The molecular formula is C16H13FN2O2S. The number of amides is 1. The number of nitrogens with zero attached hydrogens (tertiary/aromatic N) is 1. The normalized spacial score (nSPS) is 10.6. The first-order valence-electron chi connectivity index (χ1n) is 6.75. The summed E-state index contributed by atoms with van der Waals surface area (Å²) in [6.45, 7) is 0.450. The minimum atomic E-state index is -0.284. The third kappa shape index (κ3) is 3.40. The van der Waals surface area contributed by atoms with E-state index in [1.54, 1.807) is 18.2 Å². The molecule has 3 aromatic rings. The molecule has 0 aliphatic rings. The quantitative estimate of drug-likeness (QED) is 0.783. The van der Waals surface area contributed by atoms with Gasteiger partial charge in [0.1, 0.15) is 5.82 Å². The van der Waals surface area contributed by atoms with Crippen LogP contribution < -0.4 is 5.32 Å². The standard InChI is InChI=1S/C16H13FN2O2S/c17-12-5-3-11(4-6-12)7-8-18-16(20)13-10-14(21-19-13)15-2-1-9-22-15/h1-6,9-10H,7-8H2,(H,18,20). The zero-order valence-corrected chi connectivity index (χ0v) is 12.4. The van der Waals surface area contributed by atoms with Crippen LogP contribution in [0.4, 0.5) is 4.39 Å². The molecule has 0 fully saturated rings. The molecule has 1 aromatic carbocycles. The average Bonchev–Trinajstić information content (AvgIpc) is 3.20. The van der Waals surface area contributed by atoms with Crippen LogP contribution in [0.2, 0.25) is 0 Å². The van der Waals surface area contributed by atoms with E-state index in [4.69, 9.17) is 4.52 Å². The van der Waals surface area contributed by atoms with Crippen LogP contribution in [0, 0.1) is 5.82 Å². The van der Waals surface area contributed by atoms with E-state index in [1.807, 2.05) is 17.5 Å². The van der Waals surface area contributed by atoms with Crippen LogP contribution in [0.3, 0.4) is 0 Å². The fraction of sp³-hybridized carbons (Fsp3) is 0.125. The van der Waals surface area contributed by atoms with Crippen molar-refractivity contribution in [3.8, 4) is 10.6 Å². The van der Waals surface area contributed by atoms with Gasteiger partial charge in [0.2, 0.25) is 0 Å². The first-order chi connectivity index (χ1) is 10.7. The number of aromatic nitrogens is 1. The lowest BCUT2D eigenvalue weighted by Gasteiger charge is -2.03. The summed E-state index contributed by atoms with van der Waals surface area (Å²) >= 11 is 1.52. The predicted molar refractivity (Wildman–Crippen MR) is 82.3 cm³/mol. The van der Waals surface area contributed by atoms with E-state index in [0.717, 1.165) is 10.4 Å². The highest BCUT2D eigenvalue weighted by molar-refractivity contribution is 7.13. The molecule has 0 unspecified atom stereocenters. The molecule has 6 heteroatoms. The maximum Gasteiger partial charge on any atom is 0.273 e. The summed E-state index contributed by atoms with van der Waals surface area (Å²) in [6.07, 6.45) is 0.627. The minimum absolute atomic E-state index is 0.252. The predicted octanol–water partition coefficient (Wildman–Crippen LogP) is 3.51. The second kappa shape index (κ2) is 6.53. The van der Waals surface area contributed by atoms with Crippen molar-refractivity contribution in [2.75, 3.05) is 6.54 Å². The van der Waals surface area contributed by atoms with Gasteiger partial charge in [0.05, 0.1) is 4.88 Å². The zero-order valence-electron chi connectivity index (χ0n) is 11.6. The maximum absolute atomic E-state index is 12.8. The smallest absolute Gasteiger partial charge is 0.273 e. The van der Waals surface area contributed by atoms with E-state index in [0.29, 0.717) is 18.7 Å². The number of halogens is 1. The molecule has 1 amide bonds. The van der Waals surface area contributed by atoms with Crippen molar-refractivity contribution in [3.05, 3.63) is 64.9 Å². The van der Waals surface area contributed by atoms with Crippen molar-refractivity contribution < 1.29 is 13.7 Å². The number of rotatable bonds is 5. The van der Waals surface area contributed by atoms with Crippen molar-refractivity contribution in [2.45, 2.75) is 6.42 Å². The summed E-state index contributed by atoms with van der Waals surface area (Å²) in [5, 5.41) is 8.48. The zero-order chi connectivity index (χ0) is 15.4. The Balaban J connectivity index is 1.55. The van der Waals surface area contributed by atoms with Crippen LogP contribution in [-0.4, -0.2) is 17.6 Å². The molecule has 0 atom stereocenters. The molecule has 2 heterocycles. The van der Waals surface area contributed by atoms with Gasteiger partial charge in [-0.3, -0.25) is 4.79 Å². The monoisotopic (exact) mass is 316 g/mol. The van der Waals surface area contributed by atoms with E-state index in [9.17, 15) is 9.18 Å². The molecular weight excluding hydrogens is 303 g/mol. The molecule has 0 aliphatic heterocycles. The second-order valence-electron chi connectivity index (χ2n) is 4.69. The van der Waals surface area contributed by atoms with Gasteiger partial charge < -0.3 is 9.84 Å². The summed E-state index contributed by atoms with van der Waals surface area (Å²) in [7, 11) is 0. The highest BCUT2D eigenvalue weighted by Gasteiger charge is 2.13. The van der Waals surface area contributed by atoms with Crippen LogP contribution in [0.1, 0.15) is 16.1 Å². The fourth-order valence-electron chi connectivity index (χ4n) is 1.98. The van der Waals surface area contributed by atoms with Crippen LogP contribution in [0.15, 0.2) is 52.4 Å². The minimum Gasteiger partial charge on any atom is -0.355 e. The largest absolute Gasteiger partial charge is 0.355 e. The third-order valence-electron chi connectivity index (χ3n) is 3.12. The number of carbonyl (C=O) groups is 1. The van der Waals surface area contributed by atoms with Crippen molar-refractivity contribution in [1.29, 1.82) is 0 Å². The van der Waals surface area contributed by atoms with Gasteiger partial charge >= 0.3 is 0 Å². The lowest BCUT2D eigenvalue weighted by Crippen LogP contribution is -2.25. The topological polar surface area (TPSA) is 55.1 Å². The molecule has 0 spiro atoms. The Morgan fingerprint density at radius 2 is 2.09 bits per heavy atom. The number of hydrogen-bond acceptors (Lipinski definition) is 4. The van der Waals surface area contributed by atoms with Gasteiger partial charge in [0.25, 0.3) is 5.91 Å². The van der Waals surface area contributed by atoms with Gasteiger partial charge in [0.15, 0.2) is 11.5 Å². The maximum atomic E-state index is 12.8. The Bertz CT molecular complexity index is 751. The molecule has 2 aromatic heterocycles. The number of carbonyl (C=O) groups excluding carboxylic acids is 1. The van der Waals surface area contributed by atoms with E-state index < -0.39 is 0 Å². The molecule has 0 bridgehead atoms. The van der Waals surface area contributed by atoms with Crippen molar-refractivity contribution in [3.63, 3.8) is 0 Å². The molecule has 112 valence electrons. The lowest BCUT2D eigenvalue weighted by molar-refractivity contribution is 0.0945. The van der Waals surface area contributed by atoms with Gasteiger partial charge in [-0.05, 0) is 35.6 Å². The molecule has 0 radical (unpaired) electrons. The number of thiophene rings is 1. The van der Waals surface area contributed by atoms with Crippen molar-refractivity contribution in [2.24, 2.45) is 0 Å². The molecule has 0 aliphatic carbocycles. The summed E-state index contributed by atoms with van der Waals surface area (Å²) in [6, 6.07) is 11.6. The van der Waals surface area contributed by atoms with Crippen LogP contribution in [0.25, 0.3) is 10.6 Å².